The van der Waals surface area contributed by atoms with Crippen LogP contribution in [0.1, 0.15) is 24.2 Å². The third kappa shape index (κ3) is 3.06. The first-order valence-electron chi connectivity index (χ1n) is 7.95. The van der Waals surface area contributed by atoms with Crippen molar-refractivity contribution in [3.05, 3.63) is 60.3 Å². The average molecular weight is 307 g/mol. The first-order chi connectivity index (χ1) is 11.2. The van der Waals surface area contributed by atoms with Gasteiger partial charge in [0, 0.05) is 41.6 Å². The molecular weight excluding hydrogens is 286 g/mol. The number of hydrogen-bond acceptors (Lipinski definition) is 2. The van der Waals surface area contributed by atoms with Gasteiger partial charge in [0.1, 0.15) is 0 Å². The van der Waals surface area contributed by atoms with E-state index in [0.717, 1.165) is 29.7 Å². The molecule has 1 aromatic heterocycles. The highest BCUT2D eigenvalue weighted by Gasteiger charge is 2.12. The van der Waals surface area contributed by atoms with Crippen molar-refractivity contribution >= 4 is 28.2 Å². The van der Waals surface area contributed by atoms with Crippen LogP contribution in [0.3, 0.4) is 0 Å². The molecular formula is C19H21N3O. The number of aromatic nitrogens is 1. The Labute approximate surface area is 136 Å². The first kappa shape index (κ1) is 15.2. The fourth-order valence-corrected chi connectivity index (χ4v) is 2.80. The lowest BCUT2D eigenvalue weighted by molar-refractivity contribution is 0.102. The van der Waals surface area contributed by atoms with Crippen LogP contribution in [0, 0.1) is 0 Å². The second-order valence-electron chi connectivity index (χ2n) is 5.42. The molecule has 0 aliphatic carbocycles. The minimum Gasteiger partial charge on any atom is -0.372 e. The highest BCUT2D eigenvalue weighted by Crippen LogP contribution is 2.21. The van der Waals surface area contributed by atoms with Crippen molar-refractivity contribution in [2.75, 3.05) is 23.3 Å². The van der Waals surface area contributed by atoms with Crippen molar-refractivity contribution in [3.63, 3.8) is 0 Å². The predicted molar refractivity (Wildman–Crippen MR) is 96.3 cm³/mol. The monoisotopic (exact) mass is 307 g/mol. The Balaban J connectivity index is 1.78. The Morgan fingerprint density at radius 3 is 2.43 bits per heavy atom. The summed E-state index contributed by atoms with van der Waals surface area (Å²) in [5, 5.41) is 3.90. The molecule has 1 amide bonds. The molecule has 4 nitrogen and oxygen atoms in total. The Kier molecular flexibility index (Phi) is 4.33. The van der Waals surface area contributed by atoms with Crippen LogP contribution in [0.4, 0.5) is 11.4 Å². The van der Waals surface area contributed by atoms with Crippen LogP contribution in [0.5, 0.6) is 0 Å². The van der Waals surface area contributed by atoms with Gasteiger partial charge in [-0.25, -0.2) is 0 Å². The van der Waals surface area contributed by atoms with Crippen LogP contribution in [0.25, 0.3) is 10.9 Å². The van der Waals surface area contributed by atoms with Gasteiger partial charge in [-0.1, -0.05) is 18.2 Å². The lowest BCUT2D eigenvalue weighted by atomic mass is 10.1. The number of H-pyrrole nitrogens is 1. The maximum atomic E-state index is 12.5. The standard InChI is InChI=1S/C19H21N3O/c1-3-22(4-2)15-11-9-14(10-12-15)21-19(23)17-13-20-18-8-6-5-7-16(17)18/h5-13,20H,3-4H2,1-2H3,(H,21,23). The number of carbonyl (C=O) groups excluding carboxylic acids is 1. The molecule has 2 N–H and O–H groups in total. The average Bonchev–Trinajstić information content (AvgIpc) is 3.01. The summed E-state index contributed by atoms with van der Waals surface area (Å²) < 4.78 is 0. The number of para-hydroxylation sites is 1. The van der Waals surface area contributed by atoms with Gasteiger partial charge in [0.15, 0.2) is 0 Å². The molecule has 0 spiro atoms. The van der Waals surface area contributed by atoms with Crippen molar-refractivity contribution < 1.29 is 4.79 Å². The van der Waals surface area contributed by atoms with Crippen LogP contribution in [0.2, 0.25) is 0 Å². The predicted octanol–water partition coefficient (Wildman–Crippen LogP) is 4.27. The summed E-state index contributed by atoms with van der Waals surface area (Å²) in [5.74, 6) is -0.0990. The first-order valence-corrected chi connectivity index (χ1v) is 7.95. The fourth-order valence-electron chi connectivity index (χ4n) is 2.80. The topological polar surface area (TPSA) is 48.1 Å². The number of carbonyl (C=O) groups is 1. The highest BCUT2D eigenvalue weighted by atomic mass is 16.1. The van der Waals surface area contributed by atoms with Gasteiger partial charge in [-0.2, -0.15) is 0 Å². The number of rotatable bonds is 5. The Hall–Kier alpha value is -2.75. The maximum Gasteiger partial charge on any atom is 0.257 e. The number of anilines is 2. The summed E-state index contributed by atoms with van der Waals surface area (Å²) in [7, 11) is 0. The summed E-state index contributed by atoms with van der Waals surface area (Å²) in [6, 6.07) is 15.8. The number of fused-ring (bicyclic) bond motifs is 1. The molecule has 118 valence electrons. The molecule has 0 bridgehead atoms. The van der Waals surface area contributed by atoms with E-state index in [1.165, 1.54) is 5.69 Å². The third-order valence-electron chi connectivity index (χ3n) is 4.09. The lowest BCUT2D eigenvalue weighted by Gasteiger charge is -2.21. The minimum atomic E-state index is -0.0990. The van der Waals surface area contributed by atoms with E-state index in [0.29, 0.717) is 5.56 Å². The summed E-state index contributed by atoms with van der Waals surface area (Å²) in [6.45, 7) is 6.21. The van der Waals surface area contributed by atoms with E-state index >= 15 is 0 Å². The second-order valence-corrected chi connectivity index (χ2v) is 5.42. The van der Waals surface area contributed by atoms with Crippen molar-refractivity contribution in [1.82, 2.24) is 4.98 Å². The molecule has 0 aliphatic heterocycles. The van der Waals surface area contributed by atoms with Crippen molar-refractivity contribution in [3.8, 4) is 0 Å². The fraction of sp³-hybridized carbons (Fsp3) is 0.211. The van der Waals surface area contributed by atoms with Crippen LogP contribution < -0.4 is 10.2 Å². The summed E-state index contributed by atoms with van der Waals surface area (Å²) in [5.41, 5.74) is 3.60. The van der Waals surface area contributed by atoms with Crippen LogP contribution in [-0.4, -0.2) is 24.0 Å². The molecule has 4 heteroatoms. The van der Waals surface area contributed by atoms with Gasteiger partial charge in [-0.05, 0) is 44.2 Å². The van der Waals surface area contributed by atoms with Gasteiger partial charge in [0.05, 0.1) is 5.56 Å². The molecule has 1 heterocycles. The number of nitrogens with one attached hydrogen (secondary N) is 2. The van der Waals surface area contributed by atoms with E-state index in [1.807, 2.05) is 48.5 Å². The maximum absolute atomic E-state index is 12.5. The van der Waals surface area contributed by atoms with E-state index < -0.39 is 0 Å². The Bertz CT molecular complexity index is 801. The van der Waals surface area contributed by atoms with E-state index in [4.69, 9.17) is 0 Å². The zero-order valence-corrected chi connectivity index (χ0v) is 13.5. The zero-order chi connectivity index (χ0) is 16.2. The van der Waals surface area contributed by atoms with E-state index in [1.54, 1.807) is 6.20 Å². The molecule has 0 radical (unpaired) electrons. The quantitative estimate of drug-likeness (QED) is 0.739. The molecule has 0 saturated carbocycles. The van der Waals surface area contributed by atoms with E-state index in [9.17, 15) is 4.79 Å². The molecule has 0 fully saturated rings. The van der Waals surface area contributed by atoms with Crippen LogP contribution in [-0.2, 0) is 0 Å². The third-order valence-corrected chi connectivity index (χ3v) is 4.09. The van der Waals surface area contributed by atoms with Gasteiger partial charge >= 0.3 is 0 Å². The van der Waals surface area contributed by atoms with Crippen LogP contribution in [0.15, 0.2) is 54.7 Å². The van der Waals surface area contributed by atoms with Gasteiger partial charge in [0.2, 0.25) is 0 Å². The summed E-state index contributed by atoms with van der Waals surface area (Å²) in [4.78, 5) is 17.9. The van der Waals surface area contributed by atoms with Crippen molar-refractivity contribution in [1.29, 1.82) is 0 Å². The lowest BCUT2D eigenvalue weighted by Crippen LogP contribution is -2.21. The second kappa shape index (κ2) is 6.57. The number of aromatic amines is 1. The van der Waals surface area contributed by atoms with Gasteiger partial charge in [-0.15, -0.1) is 0 Å². The van der Waals surface area contributed by atoms with Crippen molar-refractivity contribution in [2.45, 2.75) is 13.8 Å². The number of nitrogens with zero attached hydrogens (tertiary/aromatic N) is 1. The summed E-state index contributed by atoms with van der Waals surface area (Å²) in [6.07, 6.45) is 1.75. The Morgan fingerprint density at radius 1 is 1.04 bits per heavy atom. The number of amides is 1. The van der Waals surface area contributed by atoms with Gasteiger partial charge in [-0.3, -0.25) is 4.79 Å². The molecule has 0 aliphatic rings. The molecule has 23 heavy (non-hydrogen) atoms. The van der Waals surface area contributed by atoms with Gasteiger partial charge in [0.25, 0.3) is 5.91 Å². The molecule has 0 unspecified atom stereocenters. The van der Waals surface area contributed by atoms with Crippen LogP contribution >= 0.6 is 0 Å². The smallest absolute Gasteiger partial charge is 0.257 e. The number of hydrogen-bond donors (Lipinski definition) is 2. The molecule has 3 rings (SSSR count). The molecule has 2 aromatic carbocycles. The molecule has 3 aromatic rings. The largest absolute Gasteiger partial charge is 0.372 e. The van der Waals surface area contributed by atoms with E-state index in [-0.39, 0.29) is 5.91 Å². The highest BCUT2D eigenvalue weighted by molar-refractivity contribution is 6.12. The Morgan fingerprint density at radius 2 is 1.74 bits per heavy atom. The summed E-state index contributed by atoms with van der Waals surface area (Å²) >= 11 is 0. The zero-order valence-electron chi connectivity index (χ0n) is 13.5. The SMILES string of the molecule is CCN(CC)c1ccc(NC(=O)c2c[nH]c3ccccc23)cc1. The van der Waals surface area contributed by atoms with Gasteiger partial charge < -0.3 is 15.2 Å². The molecule has 0 atom stereocenters. The van der Waals surface area contributed by atoms with Crippen molar-refractivity contribution in [2.24, 2.45) is 0 Å². The van der Waals surface area contributed by atoms with E-state index in [2.05, 4.69) is 29.0 Å². The molecule has 0 saturated heterocycles. The normalized spacial score (nSPS) is 10.7. The minimum absolute atomic E-state index is 0.0990. The number of benzene rings is 2.